The lowest BCUT2D eigenvalue weighted by Gasteiger charge is -2.13. The molecule has 3 rings (SSSR count). The summed E-state index contributed by atoms with van der Waals surface area (Å²) in [6.07, 6.45) is 2.93. The fourth-order valence-electron chi connectivity index (χ4n) is 2.03. The molecule has 1 aromatic heterocycles. The fraction of sp³-hybridized carbons (Fsp3) is 0.0625. The molecule has 0 bridgehead atoms. The maximum Gasteiger partial charge on any atom is 0.294 e. The summed E-state index contributed by atoms with van der Waals surface area (Å²) in [6, 6.07) is 10.0. The first-order valence-electron chi connectivity index (χ1n) is 6.88. The second-order valence-electron chi connectivity index (χ2n) is 4.81. The van der Waals surface area contributed by atoms with Gasteiger partial charge in [0.2, 0.25) is 5.91 Å². The average Bonchev–Trinajstić information content (AvgIpc) is 3.14. The van der Waals surface area contributed by atoms with Gasteiger partial charge in [0.05, 0.1) is 21.9 Å². The molecule has 0 unspecified atom stereocenters. The molecule has 2 heterocycles. The number of anilines is 1. The predicted octanol–water partition coefficient (Wildman–Crippen LogP) is 3.61. The highest BCUT2D eigenvalue weighted by molar-refractivity contribution is 8.18. The number of rotatable bonds is 4. The van der Waals surface area contributed by atoms with Crippen LogP contribution < -0.4 is 5.32 Å². The monoisotopic (exact) mass is 362 g/mol. The summed E-state index contributed by atoms with van der Waals surface area (Å²) < 4.78 is 5.12. The number of benzene rings is 1. The maximum absolute atomic E-state index is 12.3. The van der Waals surface area contributed by atoms with Crippen LogP contribution in [0.4, 0.5) is 10.5 Å². The smallest absolute Gasteiger partial charge is 0.294 e. The van der Waals surface area contributed by atoms with Gasteiger partial charge in [0, 0.05) is 6.08 Å². The third kappa shape index (κ3) is 3.52. The molecule has 2 aromatic rings. The fourth-order valence-corrected chi connectivity index (χ4v) is 3.04. The lowest BCUT2D eigenvalue weighted by molar-refractivity contribution is -0.127. The Kier molecular flexibility index (Phi) is 4.73. The van der Waals surface area contributed by atoms with Crippen LogP contribution in [-0.2, 0) is 9.59 Å². The first-order valence-corrected chi connectivity index (χ1v) is 8.07. The minimum Gasteiger partial charge on any atom is -0.465 e. The minimum absolute atomic E-state index is 0.209. The molecule has 0 radical (unpaired) electrons. The van der Waals surface area contributed by atoms with Gasteiger partial charge in [0.25, 0.3) is 11.1 Å². The number of carbonyl (C=O) groups is 3. The molecule has 0 spiro atoms. The SMILES string of the molecule is O=C(CN1C(=O)S/C(=C/c2ccco2)C1=O)Nc1ccccc1Cl. The molecule has 0 atom stereocenters. The number of hydrogen-bond acceptors (Lipinski definition) is 5. The van der Waals surface area contributed by atoms with Crippen LogP contribution in [0, 0.1) is 0 Å². The number of para-hydroxylation sites is 1. The van der Waals surface area contributed by atoms with E-state index in [1.165, 1.54) is 12.3 Å². The van der Waals surface area contributed by atoms with Crippen LogP contribution in [-0.4, -0.2) is 28.5 Å². The third-order valence-corrected chi connectivity index (χ3v) is 4.38. The zero-order valence-corrected chi connectivity index (χ0v) is 13.8. The number of imide groups is 1. The van der Waals surface area contributed by atoms with Crippen molar-refractivity contribution in [2.24, 2.45) is 0 Å². The Morgan fingerprint density at radius 1 is 1.25 bits per heavy atom. The van der Waals surface area contributed by atoms with Gasteiger partial charge < -0.3 is 9.73 Å². The van der Waals surface area contributed by atoms with E-state index in [1.807, 2.05) is 0 Å². The Hall–Kier alpha value is -2.51. The Balaban J connectivity index is 1.69. The predicted molar refractivity (Wildman–Crippen MR) is 91.5 cm³/mol. The molecule has 1 fully saturated rings. The number of furan rings is 1. The van der Waals surface area contributed by atoms with Gasteiger partial charge >= 0.3 is 0 Å². The van der Waals surface area contributed by atoms with Crippen LogP contribution in [0.3, 0.4) is 0 Å². The summed E-state index contributed by atoms with van der Waals surface area (Å²) in [6.45, 7) is -0.384. The lowest BCUT2D eigenvalue weighted by Crippen LogP contribution is -2.36. The van der Waals surface area contributed by atoms with E-state index in [0.717, 1.165) is 16.7 Å². The summed E-state index contributed by atoms with van der Waals surface area (Å²) in [5.74, 6) is -0.582. The van der Waals surface area contributed by atoms with Crippen LogP contribution in [0.25, 0.3) is 6.08 Å². The molecule has 0 saturated carbocycles. The van der Waals surface area contributed by atoms with E-state index in [1.54, 1.807) is 36.4 Å². The van der Waals surface area contributed by atoms with Crippen LogP contribution in [0.5, 0.6) is 0 Å². The maximum atomic E-state index is 12.3. The van der Waals surface area contributed by atoms with Gasteiger partial charge in [-0.05, 0) is 36.0 Å². The van der Waals surface area contributed by atoms with Crippen molar-refractivity contribution in [3.63, 3.8) is 0 Å². The molecular formula is C16H11ClN2O4S. The van der Waals surface area contributed by atoms with Crippen molar-refractivity contribution in [2.75, 3.05) is 11.9 Å². The molecule has 122 valence electrons. The molecule has 3 amide bonds. The van der Waals surface area contributed by atoms with Gasteiger partial charge in [-0.2, -0.15) is 0 Å². The third-order valence-electron chi connectivity index (χ3n) is 3.14. The Labute approximate surface area is 146 Å². The van der Waals surface area contributed by atoms with Gasteiger partial charge in [-0.1, -0.05) is 23.7 Å². The van der Waals surface area contributed by atoms with E-state index in [2.05, 4.69) is 5.32 Å². The number of carbonyl (C=O) groups excluding carboxylic acids is 3. The van der Waals surface area contributed by atoms with E-state index < -0.39 is 17.1 Å². The van der Waals surface area contributed by atoms with Crippen molar-refractivity contribution in [1.29, 1.82) is 0 Å². The molecule has 1 saturated heterocycles. The molecule has 24 heavy (non-hydrogen) atoms. The van der Waals surface area contributed by atoms with Gasteiger partial charge in [-0.25, -0.2) is 0 Å². The molecule has 0 aliphatic carbocycles. The summed E-state index contributed by atoms with van der Waals surface area (Å²) in [5.41, 5.74) is 0.419. The van der Waals surface area contributed by atoms with Crippen LogP contribution >= 0.6 is 23.4 Å². The average molecular weight is 363 g/mol. The largest absolute Gasteiger partial charge is 0.465 e. The quantitative estimate of drug-likeness (QED) is 0.840. The molecule has 1 aromatic carbocycles. The number of amides is 3. The number of thioether (sulfide) groups is 1. The highest BCUT2D eigenvalue weighted by atomic mass is 35.5. The van der Waals surface area contributed by atoms with Crippen molar-refractivity contribution >= 4 is 52.2 Å². The summed E-state index contributed by atoms with van der Waals surface area (Å²) in [5, 5.41) is 2.44. The Bertz CT molecular complexity index is 832. The Morgan fingerprint density at radius 3 is 2.75 bits per heavy atom. The number of halogens is 1. The molecule has 8 heteroatoms. The van der Waals surface area contributed by atoms with Crippen molar-refractivity contribution in [3.05, 3.63) is 58.3 Å². The van der Waals surface area contributed by atoms with Crippen molar-refractivity contribution < 1.29 is 18.8 Å². The van der Waals surface area contributed by atoms with Crippen LogP contribution in [0.15, 0.2) is 52.0 Å². The minimum atomic E-state index is -0.532. The normalized spacial score (nSPS) is 16.0. The number of nitrogens with one attached hydrogen (secondary N) is 1. The lowest BCUT2D eigenvalue weighted by atomic mass is 10.3. The van der Waals surface area contributed by atoms with Gasteiger partial charge in [-0.3, -0.25) is 19.3 Å². The molecule has 1 N–H and O–H groups in total. The summed E-state index contributed by atoms with van der Waals surface area (Å²) >= 11 is 6.72. The van der Waals surface area contributed by atoms with E-state index in [4.69, 9.17) is 16.0 Å². The van der Waals surface area contributed by atoms with Crippen LogP contribution in [0.2, 0.25) is 5.02 Å². The van der Waals surface area contributed by atoms with E-state index in [0.29, 0.717) is 16.5 Å². The van der Waals surface area contributed by atoms with Crippen molar-refractivity contribution in [3.8, 4) is 0 Å². The van der Waals surface area contributed by atoms with Crippen molar-refractivity contribution in [2.45, 2.75) is 0 Å². The van der Waals surface area contributed by atoms with E-state index >= 15 is 0 Å². The summed E-state index contributed by atoms with van der Waals surface area (Å²) in [4.78, 5) is 37.4. The molecule has 1 aliphatic rings. The number of hydrogen-bond donors (Lipinski definition) is 1. The van der Waals surface area contributed by atoms with Gasteiger partial charge in [-0.15, -0.1) is 0 Å². The topological polar surface area (TPSA) is 79.6 Å². The highest BCUT2D eigenvalue weighted by Crippen LogP contribution is 2.32. The standard InChI is InChI=1S/C16H11ClN2O4S/c17-11-5-1-2-6-12(11)18-14(20)9-19-15(21)13(24-16(19)22)8-10-4-3-7-23-10/h1-8H,9H2,(H,18,20)/b13-8+. The second kappa shape index (κ2) is 6.94. The van der Waals surface area contributed by atoms with Crippen LogP contribution in [0.1, 0.15) is 5.76 Å². The van der Waals surface area contributed by atoms with E-state index in [9.17, 15) is 14.4 Å². The molecule has 1 aliphatic heterocycles. The molecule has 6 nitrogen and oxygen atoms in total. The van der Waals surface area contributed by atoms with Gasteiger partial charge in [0.1, 0.15) is 12.3 Å². The van der Waals surface area contributed by atoms with E-state index in [-0.39, 0.29) is 11.4 Å². The first kappa shape index (κ1) is 16.4. The zero-order chi connectivity index (χ0) is 17.1. The number of nitrogens with zero attached hydrogens (tertiary/aromatic N) is 1. The summed E-state index contributed by atoms with van der Waals surface area (Å²) in [7, 11) is 0. The highest BCUT2D eigenvalue weighted by Gasteiger charge is 2.36. The van der Waals surface area contributed by atoms with Crippen molar-refractivity contribution in [1.82, 2.24) is 4.90 Å². The molecular weight excluding hydrogens is 352 g/mol. The Morgan fingerprint density at radius 2 is 2.04 bits per heavy atom. The van der Waals surface area contributed by atoms with Gasteiger partial charge in [0.15, 0.2) is 0 Å². The first-order chi connectivity index (χ1) is 11.5. The second-order valence-corrected chi connectivity index (χ2v) is 6.21. The zero-order valence-electron chi connectivity index (χ0n) is 12.2.